The molecule has 0 bridgehead atoms. The largest absolute Gasteiger partial charge is 0.488 e. The van der Waals surface area contributed by atoms with Gasteiger partial charge in [0.05, 0.1) is 11.3 Å². The molecule has 1 aromatic heterocycles. The van der Waals surface area contributed by atoms with Crippen molar-refractivity contribution in [3.63, 3.8) is 0 Å². The fourth-order valence-electron chi connectivity index (χ4n) is 1.95. The van der Waals surface area contributed by atoms with E-state index in [0.717, 1.165) is 34.2 Å². The average Bonchev–Trinajstić information content (AvgIpc) is 2.75. The lowest BCUT2D eigenvalue weighted by Gasteiger charge is -2.10. The quantitative estimate of drug-likeness (QED) is 0.854. The summed E-state index contributed by atoms with van der Waals surface area (Å²) in [5, 5.41) is 12.6. The minimum absolute atomic E-state index is 0.331. The summed E-state index contributed by atoms with van der Waals surface area (Å²) in [7, 11) is 0. The molecule has 0 atom stereocenters. The lowest BCUT2D eigenvalue weighted by Crippen LogP contribution is -1.99. The molecule has 0 radical (unpaired) electrons. The van der Waals surface area contributed by atoms with Gasteiger partial charge < -0.3 is 14.4 Å². The van der Waals surface area contributed by atoms with Crippen molar-refractivity contribution in [2.24, 2.45) is 0 Å². The van der Waals surface area contributed by atoms with E-state index in [9.17, 15) is 4.79 Å². The van der Waals surface area contributed by atoms with Crippen LogP contribution in [0.5, 0.6) is 5.75 Å². The Balaban J connectivity index is 2.21. The number of carboxylic acid groups (broad SMARTS) is 1. The molecule has 0 spiro atoms. The number of hydrogen-bond acceptors (Lipinski definition) is 4. The summed E-state index contributed by atoms with van der Waals surface area (Å²) < 4.78 is 10.9. The van der Waals surface area contributed by atoms with Gasteiger partial charge in [-0.25, -0.2) is 4.79 Å². The van der Waals surface area contributed by atoms with Crippen LogP contribution in [-0.2, 0) is 11.4 Å². The number of aryl methyl sites for hydroxylation is 3. The Morgan fingerprint density at radius 2 is 2.14 bits per heavy atom. The van der Waals surface area contributed by atoms with Crippen molar-refractivity contribution in [2.45, 2.75) is 27.4 Å². The molecular formula is C16H17NO4. The number of aromatic nitrogens is 1. The topological polar surface area (TPSA) is 72.6 Å². The molecule has 0 aliphatic heterocycles. The summed E-state index contributed by atoms with van der Waals surface area (Å²) in [6.45, 7) is 5.96. The first-order chi connectivity index (χ1) is 9.97. The summed E-state index contributed by atoms with van der Waals surface area (Å²) in [4.78, 5) is 10.7. The Labute approximate surface area is 122 Å². The summed E-state index contributed by atoms with van der Waals surface area (Å²) in [6.07, 6.45) is 2.62. The summed E-state index contributed by atoms with van der Waals surface area (Å²) >= 11 is 0. The highest BCUT2D eigenvalue weighted by Crippen LogP contribution is 2.24. The average molecular weight is 287 g/mol. The zero-order valence-corrected chi connectivity index (χ0v) is 12.2. The normalized spacial score (nSPS) is 11.0. The van der Waals surface area contributed by atoms with E-state index in [1.165, 1.54) is 6.08 Å². The van der Waals surface area contributed by atoms with Gasteiger partial charge in [-0.2, -0.15) is 0 Å². The number of carboxylic acids is 1. The van der Waals surface area contributed by atoms with Crippen LogP contribution < -0.4 is 4.74 Å². The van der Waals surface area contributed by atoms with Gasteiger partial charge >= 0.3 is 5.97 Å². The molecule has 0 saturated heterocycles. The fourth-order valence-corrected chi connectivity index (χ4v) is 1.95. The second-order valence-corrected chi connectivity index (χ2v) is 4.80. The number of rotatable bonds is 5. The second-order valence-electron chi connectivity index (χ2n) is 4.80. The number of benzene rings is 1. The molecular weight excluding hydrogens is 270 g/mol. The summed E-state index contributed by atoms with van der Waals surface area (Å²) in [5.41, 5.74) is 3.46. The van der Waals surface area contributed by atoms with E-state index in [-0.39, 0.29) is 0 Å². The standard InChI is InChI=1S/C16H17NO4/c1-10-4-6-15(13(8-10)5-7-16(18)19)20-9-14-11(2)17-21-12(14)3/h4-8H,9H2,1-3H3,(H,18,19). The van der Waals surface area contributed by atoms with Crippen LogP contribution >= 0.6 is 0 Å². The lowest BCUT2D eigenvalue weighted by molar-refractivity contribution is -0.131. The predicted molar refractivity (Wildman–Crippen MR) is 78.2 cm³/mol. The van der Waals surface area contributed by atoms with Gasteiger partial charge in [0.2, 0.25) is 0 Å². The number of nitrogens with zero attached hydrogens (tertiary/aromatic N) is 1. The van der Waals surface area contributed by atoms with Crippen LogP contribution in [0.4, 0.5) is 0 Å². The van der Waals surface area contributed by atoms with E-state index >= 15 is 0 Å². The molecule has 0 unspecified atom stereocenters. The van der Waals surface area contributed by atoms with E-state index in [2.05, 4.69) is 5.16 Å². The SMILES string of the molecule is Cc1ccc(OCc2c(C)noc2C)c(C=CC(=O)O)c1. The Bertz CT molecular complexity index is 666. The molecule has 2 aromatic rings. The van der Waals surface area contributed by atoms with E-state index in [4.69, 9.17) is 14.4 Å². The van der Waals surface area contributed by atoms with Crippen molar-refractivity contribution in [1.29, 1.82) is 0 Å². The van der Waals surface area contributed by atoms with Gasteiger partial charge in [0.25, 0.3) is 0 Å². The van der Waals surface area contributed by atoms with Crippen LogP contribution in [0.1, 0.15) is 28.1 Å². The molecule has 0 saturated carbocycles. The van der Waals surface area contributed by atoms with E-state index in [0.29, 0.717) is 12.4 Å². The van der Waals surface area contributed by atoms with E-state index in [1.807, 2.05) is 39.0 Å². The molecule has 1 N–H and O–H groups in total. The van der Waals surface area contributed by atoms with Crippen molar-refractivity contribution in [3.05, 3.63) is 52.4 Å². The number of hydrogen-bond donors (Lipinski definition) is 1. The first kappa shape index (κ1) is 14.8. The first-order valence-electron chi connectivity index (χ1n) is 6.53. The molecule has 21 heavy (non-hydrogen) atoms. The van der Waals surface area contributed by atoms with Crippen LogP contribution in [0.25, 0.3) is 6.08 Å². The molecule has 1 heterocycles. The van der Waals surface area contributed by atoms with Gasteiger partial charge in [-0.3, -0.25) is 0 Å². The van der Waals surface area contributed by atoms with Gasteiger partial charge in [0, 0.05) is 11.6 Å². The third kappa shape index (κ3) is 3.72. The molecule has 0 amide bonds. The molecule has 0 aliphatic carbocycles. The maximum Gasteiger partial charge on any atom is 0.328 e. The molecule has 0 aliphatic rings. The predicted octanol–water partition coefficient (Wildman–Crippen LogP) is 3.28. The Kier molecular flexibility index (Phi) is 4.42. The van der Waals surface area contributed by atoms with Crippen LogP contribution in [0, 0.1) is 20.8 Å². The fraction of sp³-hybridized carbons (Fsp3) is 0.250. The van der Waals surface area contributed by atoms with Gasteiger partial charge in [-0.1, -0.05) is 16.8 Å². The third-order valence-corrected chi connectivity index (χ3v) is 3.12. The van der Waals surface area contributed by atoms with Crippen LogP contribution in [0.3, 0.4) is 0 Å². The molecule has 5 heteroatoms. The van der Waals surface area contributed by atoms with Crippen LogP contribution in [0.2, 0.25) is 0 Å². The first-order valence-corrected chi connectivity index (χ1v) is 6.53. The van der Waals surface area contributed by atoms with Crippen molar-refractivity contribution in [2.75, 3.05) is 0 Å². The van der Waals surface area contributed by atoms with Gasteiger partial charge in [0.15, 0.2) is 0 Å². The van der Waals surface area contributed by atoms with E-state index in [1.54, 1.807) is 0 Å². The smallest absolute Gasteiger partial charge is 0.328 e. The summed E-state index contributed by atoms with van der Waals surface area (Å²) in [5.74, 6) is 0.355. The monoisotopic (exact) mass is 287 g/mol. The van der Waals surface area contributed by atoms with Crippen molar-refractivity contribution in [1.82, 2.24) is 5.16 Å². The van der Waals surface area contributed by atoms with E-state index < -0.39 is 5.97 Å². The van der Waals surface area contributed by atoms with Gasteiger partial charge in [-0.15, -0.1) is 0 Å². The highest BCUT2D eigenvalue weighted by atomic mass is 16.5. The minimum Gasteiger partial charge on any atom is -0.488 e. The molecule has 1 aromatic carbocycles. The van der Waals surface area contributed by atoms with Crippen molar-refractivity contribution in [3.8, 4) is 5.75 Å². The van der Waals surface area contributed by atoms with Crippen LogP contribution in [-0.4, -0.2) is 16.2 Å². The maximum absolute atomic E-state index is 10.7. The molecule has 0 fully saturated rings. The van der Waals surface area contributed by atoms with Gasteiger partial charge in [-0.05, 0) is 39.0 Å². The zero-order valence-electron chi connectivity index (χ0n) is 12.2. The Morgan fingerprint density at radius 3 is 2.76 bits per heavy atom. The second kappa shape index (κ2) is 6.26. The maximum atomic E-state index is 10.7. The number of carbonyl (C=O) groups is 1. The number of ether oxygens (including phenoxy) is 1. The van der Waals surface area contributed by atoms with Crippen molar-refractivity contribution < 1.29 is 19.2 Å². The zero-order chi connectivity index (χ0) is 15.4. The lowest BCUT2D eigenvalue weighted by atomic mass is 10.1. The van der Waals surface area contributed by atoms with Crippen molar-refractivity contribution >= 4 is 12.0 Å². The summed E-state index contributed by atoms with van der Waals surface area (Å²) in [6, 6.07) is 5.62. The molecule has 110 valence electrons. The number of aliphatic carboxylic acids is 1. The highest BCUT2D eigenvalue weighted by Gasteiger charge is 2.10. The third-order valence-electron chi connectivity index (χ3n) is 3.12. The van der Waals surface area contributed by atoms with Gasteiger partial charge in [0.1, 0.15) is 18.1 Å². The Morgan fingerprint density at radius 1 is 1.38 bits per heavy atom. The molecule has 5 nitrogen and oxygen atoms in total. The van der Waals surface area contributed by atoms with Crippen LogP contribution in [0.15, 0.2) is 28.8 Å². The molecule has 2 rings (SSSR count). The minimum atomic E-state index is -0.992. The Hall–Kier alpha value is -2.56. The highest BCUT2D eigenvalue weighted by molar-refractivity contribution is 5.85.